The molecule has 1 aliphatic rings. The molecule has 1 fully saturated rings. The molecule has 0 aromatic carbocycles. The molecule has 0 aliphatic carbocycles. The number of rotatable bonds is 5. The third kappa shape index (κ3) is 5.59. The van der Waals surface area contributed by atoms with E-state index in [0.29, 0.717) is 6.10 Å². The Kier molecular flexibility index (Phi) is 5.53. The van der Waals surface area contributed by atoms with Crippen LogP contribution in [-0.4, -0.2) is 42.0 Å². The second kappa shape index (κ2) is 7.18. The fourth-order valence-corrected chi connectivity index (χ4v) is 2.36. The Morgan fingerprint density at radius 2 is 2.10 bits per heavy atom. The van der Waals surface area contributed by atoms with Crippen LogP contribution in [0.3, 0.4) is 0 Å². The fraction of sp³-hybridized carbons (Fsp3) is 0.750. The second-order valence-electron chi connectivity index (χ2n) is 6.86. The summed E-state index contributed by atoms with van der Waals surface area (Å²) < 4.78 is 5.77. The van der Waals surface area contributed by atoms with Gasteiger partial charge in [-0.05, 0) is 52.2 Å². The summed E-state index contributed by atoms with van der Waals surface area (Å²) in [5.74, 6) is 0.906. The molecule has 0 bridgehead atoms. The van der Waals surface area contributed by atoms with Gasteiger partial charge in [0, 0.05) is 32.3 Å². The van der Waals surface area contributed by atoms with Crippen LogP contribution in [0.2, 0.25) is 0 Å². The molecule has 2 rings (SSSR count). The van der Waals surface area contributed by atoms with Gasteiger partial charge in [-0.15, -0.1) is 5.10 Å². The minimum Gasteiger partial charge on any atom is -0.376 e. The Bertz CT molecular complexity index is 421. The summed E-state index contributed by atoms with van der Waals surface area (Å²) in [7, 11) is 2.05. The molecule has 118 valence electrons. The van der Waals surface area contributed by atoms with E-state index in [-0.39, 0.29) is 5.54 Å². The summed E-state index contributed by atoms with van der Waals surface area (Å²) in [6.45, 7) is 8.95. The molecule has 1 aromatic rings. The van der Waals surface area contributed by atoms with Gasteiger partial charge in [-0.25, -0.2) is 0 Å². The summed E-state index contributed by atoms with van der Waals surface area (Å²) in [5.41, 5.74) is 1.06. The number of nitrogens with zero attached hydrogens (tertiary/aromatic N) is 3. The highest BCUT2D eigenvalue weighted by molar-refractivity contribution is 5.36. The van der Waals surface area contributed by atoms with Crippen molar-refractivity contribution in [3.05, 3.63) is 17.8 Å². The largest absolute Gasteiger partial charge is 0.376 e. The molecule has 1 saturated heterocycles. The summed E-state index contributed by atoms with van der Waals surface area (Å²) in [6.07, 6.45) is 3.93. The molecule has 0 radical (unpaired) electrons. The lowest BCUT2D eigenvalue weighted by Gasteiger charge is -2.27. The zero-order chi connectivity index (χ0) is 15.3. The zero-order valence-electron chi connectivity index (χ0n) is 13.7. The van der Waals surface area contributed by atoms with Gasteiger partial charge in [0.1, 0.15) is 0 Å². The smallest absolute Gasteiger partial charge is 0.151 e. The van der Waals surface area contributed by atoms with E-state index in [1.165, 1.54) is 12.8 Å². The average molecular weight is 292 g/mol. The van der Waals surface area contributed by atoms with E-state index in [9.17, 15) is 0 Å². The molecule has 1 aromatic heterocycles. The molecule has 1 unspecified atom stereocenters. The van der Waals surface area contributed by atoms with E-state index in [1.54, 1.807) is 0 Å². The van der Waals surface area contributed by atoms with Crippen molar-refractivity contribution in [3.63, 3.8) is 0 Å². The van der Waals surface area contributed by atoms with Crippen molar-refractivity contribution in [1.82, 2.24) is 15.5 Å². The molecule has 5 heteroatoms. The highest BCUT2D eigenvalue weighted by atomic mass is 16.5. The maximum absolute atomic E-state index is 5.77. The topological polar surface area (TPSA) is 50.3 Å². The van der Waals surface area contributed by atoms with Crippen molar-refractivity contribution in [2.24, 2.45) is 0 Å². The number of nitrogens with one attached hydrogen (secondary N) is 1. The van der Waals surface area contributed by atoms with Gasteiger partial charge in [0.25, 0.3) is 0 Å². The van der Waals surface area contributed by atoms with Crippen molar-refractivity contribution in [3.8, 4) is 0 Å². The first-order valence-electron chi connectivity index (χ1n) is 7.84. The Labute approximate surface area is 128 Å². The van der Waals surface area contributed by atoms with Crippen LogP contribution >= 0.6 is 0 Å². The Morgan fingerprint density at radius 3 is 2.67 bits per heavy atom. The lowest BCUT2D eigenvalue weighted by Crippen LogP contribution is -2.35. The molecule has 0 saturated carbocycles. The van der Waals surface area contributed by atoms with Crippen LogP contribution in [0, 0.1) is 0 Å². The van der Waals surface area contributed by atoms with Gasteiger partial charge in [0.05, 0.1) is 11.8 Å². The number of ether oxygens (including phenoxy) is 1. The van der Waals surface area contributed by atoms with Crippen molar-refractivity contribution >= 4 is 5.82 Å². The standard InChI is InChI=1S/C16H28N4O/c1-16(2,3)17-11-13-8-9-15(19-18-13)20(4)12-14-7-5-6-10-21-14/h8-9,14,17H,5-7,10-12H2,1-4H3. The first kappa shape index (κ1) is 16.2. The number of hydrogen-bond donors (Lipinski definition) is 1. The Balaban J connectivity index is 1.85. The van der Waals surface area contributed by atoms with Crippen LogP contribution in [0.15, 0.2) is 12.1 Å². The van der Waals surface area contributed by atoms with Crippen molar-refractivity contribution < 1.29 is 4.74 Å². The van der Waals surface area contributed by atoms with Crippen LogP contribution in [0.4, 0.5) is 5.82 Å². The third-order valence-electron chi connectivity index (χ3n) is 3.65. The van der Waals surface area contributed by atoms with E-state index in [0.717, 1.165) is 37.6 Å². The van der Waals surface area contributed by atoms with Gasteiger partial charge in [0.15, 0.2) is 5.82 Å². The molecular weight excluding hydrogens is 264 g/mol. The maximum Gasteiger partial charge on any atom is 0.151 e. The fourth-order valence-electron chi connectivity index (χ4n) is 2.36. The van der Waals surface area contributed by atoms with Crippen LogP contribution in [-0.2, 0) is 11.3 Å². The quantitative estimate of drug-likeness (QED) is 0.903. The van der Waals surface area contributed by atoms with E-state index < -0.39 is 0 Å². The number of hydrogen-bond acceptors (Lipinski definition) is 5. The molecule has 21 heavy (non-hydrogen) atoms. The van der Waals surface area contributed by atoms with Crippen molar-refractivity contribution in [1.29, 1.82) is 0 Å². The second-order valence-corrected chi connectivity index (χ2v) is 6.86. The van der Waals surface area contributed by atoms with Crippen LogP contribution in [0.25, 0.3) is 0 Å². The number of likely N-dealkylation sites (N-methyl/N-ethyl adjacent to an activating group) is 1. The van der Waals surface area contributed by atoms with E-state index >= 15 is 0 Å². The summed E-state index contributed by atoms with van der Waals surface area (Å²) >= 11 is 0. The monoisotopic (exact) mass is 292 g/mol. The lowest BCUT2D eigenvalue weighted by atomic mass is 10.1. The van der Waals surface area contributed by atoms with E-state index in [2.05, 4.69) is 48.2 Å². The maximum atomic E-state index is 5.77. The van der Waals surface area contributed by atoms with Gasteiger partial charge in [-0.1, -0.05) is 0 Å². The minimum atomic E-state index is 0.0927. The van der Waals surface area contributed by atoms with Gasteiger partial charge in [0.2, 0.25) is 0 Å². The van der Waals surface area contributed by atoms with E-state index in [4.69, 9.17) is 4.74 Å². The summed E-state index contributed by atoms with van der Waals surface area (Å²) in [5, 5.41) is 12.0. The Morgan fingerprint density at radius 1 is 1.29 bits per heavy atom. The summed E-state index contributed by atoms with van der Waals surface area (Å²) in [4.78, 5) is 2.13. The zero-order valence-corrected chi connectivity index (χ0v) is 13.7. The SMILES string of the molecule is CN(CC1CCCCO1)c1ccc(CNC(C)(C)C)nn1. The third-order valence-corrected chi connectivity index (χ3v) is 3.65. The van der Waals surface area contributed by atoms with Crippen molar-refractivity contribution in [2.75, 3.05) is 25.1 Å². The molecule has 0 amide bonds. The first-order chi connectivity index (χ1) is 9.94. The van der Waals surface area contributed by atoms with Crippen LogP contribution < -0.4 is 10.2 Å². The molecule has 1 aliphatic heterocycles. The molecule has 0 spiro atoms. The van der Waals surface area contributed by atoms with Gasteiger partial charge >= 0.3 is 0 Å². The number of anilines is 1. The van der Waals surface area contributed by atoms with Crippen LogP contribution in [0.5, 0.6) is 0 Å². The molecule has 5 nitrogen and oxygen atoms in total. The van der Waals surface area contributed by atoms with Crippen LogP contribution in [0.1, 0.15) is 45.7 Å². The van der Waals surface area contributed by atoms with Gasteiger partial charge in [-0.3, -0.25) is 0 Å². The normalized spacial score (nSPS) is 19.5. The van der Waals surface area contributed by atoms with Crippen molar-refractivity contribution in [2.45, 2.75) is 58.2 Å². The molecule has 2 heterocycles. The molecule has 1 N–H and O–H groups in total. The predicted octanol–water partition coefficient (Wildman–Crippen LogP) is 2.37. The molecule has 1 atom stereocenters. The highest BCUT2D eigenvalue weighted by Gasteiger charge is 2.17. The first-order valence-corrected chi connectivity index (χ1v) is 7.84. The minimum absolute atomic E-state index is 0.0927. The lowest BCUT2D eigenvalue weighted by molar-refractivity contribution is 0.0215. The average Bonchev–Trinajstić information content (AvgIpc) is 2.46. The van der Waals surface area contributed by atoms with Gasteiger partial charge < -0.3 is 15.0 Å². The Hall–Kier alpha value is -1.20. The number of aromatic nitrogens is 2. The highest BCUT2D eigenvalue weighted by Crippen LogP contribution is 2.16. The molecular formula is C16H28N4O. The van der Waals surface area contributed by atoms with E-state index in [1.807, 2.05) is 12.1 Å². The summed E-state index contributed by atoms with van der Waals surface area (Å²) in [6, 6.07) is 4.08. The van der Waals surface area contributed by atoms with Gasteiger partial charge in [-0.2, -0.15) is 5.10 Å². The predicted molar refractivity (Wildman–Crippen MR) is 85.5 cm³/mol.